The van der Waals surface area contributed by atoms with Crippen molar-refractivity contribution < 1.29 is 261 Å². The van der Waals surface area contributed by atoms with Crippen LogP contribution < -0.4 is 0 Å². The van der Waals surface area contributed by atoms with Crippen LogP contribution in [-0.4, -0.2) is 49.4 Å². The summed E-state index contributed by atoms with van der Waals surface area (Å²) in [4.78, 5) is 0. The van der Waals surface area contributed by atoms with Crippen LogP contribution in [0.15, 0.2) is 0 Å². The van der Waals surface area contributed by atoms with E-state index in [4.69, 9.17) is 0 Å². The number of rotatable bonds is 40. The van der Waals surface area contributed by atoms with Crippen LogP contribution in [0.4, 0.5) is 105 Å². The van der Waals surface area contributed by atoms with E-state index in [1.54, 1.807) is 13.8 Å². The Balaban J connectivity index is -0.0000000325. The molecule has 0 aromatic rings. The van der Waals surface area contributed by atoms with E-state index >= 15 is 0 Å². The molecular formula is C112H232F24Ru8. The maximum Gasteiger partial charge on any atom is 2.00 e. The van der Waals surface area contributed by atoms with Crippen molar-refractivity contribution in [3.05, 3.63) is 119 Å². The van der Waals surface area contributed by atoms with Crippen molar-refractivity contribution in [2.24, 2.45) is 140 Å². The average Bonchev–Trinajstić information content (AvgIpc) is 0.830. The van der Waals surface area contributed by atoms with Crippen LogP contribution in [0.5, 0.6) is 0 Å². The van der Waals surface area contributed by atoms with Crippen LogP contribution in [0, 0.1) is 259 Å². The molecule has 0 nitrogen and oxygen atoms in total. The van der Waals surface area contributed by atoms with Gasteiger partial charge >= 0.3 is 205 Å². The molecule has 0 aliphatic carbocycles. The third kappa shape index (κ3) is 156. The maximum absolute atomic E-state index is 13.0. The van der Waals surface area contributed by atoms with Gasteiger partial charge in [0.1, 0.15) is 0 Å². The molecule has 32 heteroatoms. The third-order valence-corrected chi connectivity index (χ3v) is 23.2. The summed E-state index contributed by atoms with van der Waals surface area (Å²) in [5, 5.41) is 0. The Hall–Kier alpha value is 3.31. The van der Waals surface area contributed by atoms with Crippen LogP contribution in [0.1, 0.15) is 429 Å². The summed E-state index contributed by atoms with van der Waals surface area (Å²) >= 11 is 0. The van der Waals surface area contributed by atoms with Gasteiger partial charge in [0.15, 0.2) is 0 Å². The first kappa shape index (κ1) is 237. The first-order chi connectivity index (χ1) is 53.4. The summed E-state index contributed by atoms with van der Waals surface area (Å²) < 4.78 is 299. The van der Waals surface area contributed by atoms with E-state index in [9.17, 15) is 105 Å². The summed E-state index contributed by atoms with van der Waals surface area (Å²) in [6.45, 7) is 70.5. The summed E-state index contributed by atoms with van der Waals surface area (Å²) in [7, 11) is 0. The predicted octanol–water partition coefficient (Wildman–Crippen LogP) is 47.5. The Bertz CT molecular complexity index is 2350. The molecule has 0 N–H and O–H groups in total. The molecule has 0 aromatic heterocycles. The molecule has 0 radical (unpaired) electrons. The molecule has 15 atom stereocenters. The van der Waals surface area contributed by atoms with E-state index in [2.05, 4.69) is 96.9 Å². The SMILES string of the molecule is CC(C)CC(C)CC(CC(C)C)C(F)(F)F.CC(CC(CC(C)(C)C)C(F)(F)F)CC(C)(C)C.CCC(C)CC(C)CC(F)(F)F.CCC(C)CC(CC)C(F)(F)F.CCC(CC(CC(F)(F)F)C(C)(C)C)C(C)(C)C.CCC(CC(CC(F)(F)F)C(C)C)C(C)C.CCC(CC)CC(CC)CC(F)(F)F.CCCC(C)CC(CCC)C(F)(F)F.[CH3-].[CH3-].[CH3-].[CH3-].[CH3-].[CH3-].[CH3-].[CH3-].[CH3-].[CH3-].[CH3-].[CH3-].[CH3-].[CH3-].[CH3-].[CH3-].[Ru+2].[Ru+2].[Ru+2].[Ru+2].[Ru+2].[Ru+2].[Ru+2].[Ru+2]. The number of alkyl halides is 24. The Labute approximate surface area is 989 Å². The van der Waals surface area contributed by atoms with Gasteiger partial charge in [-0.05, 0) is 206 Å². The van der Waals surface area contributed by atoms with E-state index < -0.39 is 98.8 Å². The van der Waals surface area contributed by atoms with Crippen LogP contribution in [-0.2, 0) is 156 Å². The first-order valence-electron chi connectivity index (χ1n) is 45.9. The molecule has 0 spiro atoms. The van der Waals surface area contributed by atoms with Gasteiger partial charge in [0.25, 0.3) is 0 Å². The maximum atomic E-state index is 13.0. The minimum absolute atomic E-state index is 0. The van der Waals surface area contributed by atoms with E-state index in [1.165, 1.54) is 0 Å². The third-order valence-electron chi connectivity index (χ3n) is 23.2. The quantitative estimate of drug-likeness (QED) is 0.0326. The minimum atomic E-state index is -4.07. The molecule has 912 valence electrons. The van der Waals surface area contributed by atoms with Gasteiger partial charge in [-0.25, -0.2) is 0 Å². The van der Waals surface area contributed by atoms with Gasteiger partial charge in [0.05, 0.1) is 23.7 Å². The van der Waals surface area contributed by atoms with E-state index in [0.717, 1.165) is 70.6 Å². The van der Waals surface area contributed by atoms with E-state index in [0.29, 0.717) is 74.0 Å². The number of hydrogen-bond donors (Lipinski definition) is 0. The van der Waals surface area contributed by atoms with Crippen molar-refractivity contribution in [2.75, 3.05) is 0 Å². The predicted molar refractivity (Wildman–Crippen MR) is 564 cm³/mol. The molecule has 0 fully saturated rings. The molecule has 0 amide bonds. The van der Waals surface area contributed by atoms with Gasteiger partial charge in [0, 0.05) is 25.7 Å². The molecule has 0 aromatic carbocycles. The average molecular weight is 2840 g/mol. The van der Waals surface area contributed by atoms with Crippen molar-refractivity contribution >= 4 is 0 Å². The van der Waals surface area contributed by atoms with Gasteiger partial charge in [0.2, 0.25) is 0 Å². The van der Waals surface area contributed by atoms with Crippen LogP contribution in [0.3, 0.4) is 0 Å². The van der Waals surface area contributed by atoms with Crippen LogP contribution in [0.2, 0.25) is 0 Å². The van der Waals surface area contributed by atoms with E-state index in [-0.39, 0.29) is 400 Å². The molecule has 0 bridgehead atoms. The normalized spacial score (nSPS) is 14.1. The van der Waals surface area contributed by atoms with Crippen molar-refractivity contribution in [3.8, 4) is 0 Å². The monoisotopic (exact) mass is 2850 g/mol. The minimum Gasteiger partial charge on any atom is -0.358 e. The van der Waals surface area contributed by atoms with Crippen LogP contribution in [0.25, 0.3) is 0 Å². The van der Waals surface area contributed by atoms with Gasteiger partial charge in [-0.2, -0.15) is 105 Å². The summed E-state index contributed by atoms with van der Waals surface area (Å²) in [5.74, 6) is -2.02. The Kier molecular flexibility index (Phi) is 191. The Morgan fingerprint density at radius 1 is 0.181 bits per heavy atom. The Morgan fingerprint density at radius 2 is 0.458 bits per heavy atom. The molecule has 0 aliphatic rings. The summed E-state index contributed by atoms with van der Waals surface area (Å²) in [5.41, 5.74) is -0.406. The molecule has 15 unspecified atom stereocenters. The zero-order chi connectivity index (χ0) is 97.3. The smallest absolute Gasteiger partial charge is 0.358 e. The van der Waals surface area contributed by atoms with Gasteiger partial charge in [-0.1, -0.05) is 313 Å². The van der Waals surface area contributed by atoms with E-state index in [1.807, 2.05) is 138 Å². The number of halogens is 24. The molecule has 0 saturated heterocycles. The largest absolute Gasteiger partial charge is 2.00 e. The topological polar surface area (TPSA) is 0 Å². The van der Waals surface area contributed by atoms with Crippen molar-refractivity contribution in [1.82, 2.24) is 0 Å². The first-order valence-corrected chi connectivity index (χ1v) is 45.9. The molecule has 0 rings (SSSR count). The standard InChI is InChI=1S/2C15H29F3.2C13H25F3.2C11H21F3.2C9H17F3.16CH3.8Ru/c1-11(9-13(2,3)4)8-12(15(16,17)18)10-14(5,6)7;1-8-11(13(2,3)4)9-12(14(5,6)7)10-15(16,17)18;1-9(2)6-11(5)8-12(7-10(3)4)13(14,15)16;1-6-11(9(2)3)7-12(10(4)5)8-13(14,15)16;1-4-6-9(3)8-10(7-5-2)11(12,13)14;1-4-9(5-2)7-10(6-3)8-11(12,13)14;1-4-7(2)5-8(3)6-9(10,11)12;1-4-7(3)6-8(5-2)9(10,11)12;;;;;;;;;;;;;;;;;;;;;;;;/h2*11-12H,8-10H2,1-7H3;2*9-12H,6-8H2,1-5H3;2*9-10H,4-8H2,1-3H3;2*7-8H,4-6H2,1-3H3;16*1H3;;;;;;;;/q;;;;;;;;16*-1;8*+2. The second-order valence-corrected chi connectivity index (χ2v) is 42.2. The Morgan fingerprint density at radius 3 is 0.694 bits per heavy atom. The van der Waals surface area contributed by atoms with Crippen molar-refractivity contribution in [3.63, 3.8) is 0 Å². The number of hydrogen-bond acceptors (Lipinski definition) is 0. The zero-order valence-corrected chi connectivity index (χ0v) is 115. The summed E-state index contributed by atoms with van der Waals surface area (Å²) in [6.07, 6.45) is -19.4. The molecule has 0 aliphatic heterocycles. The fraction of sp³-hybridized carbons (Fsp3) is 0.857. The second kappa shape index (κ2) is 116. The fourth-order valence-electron chi connectivity index (χ4n) is 15.9. The van der Waals surface area contributed by atoms with Crippen molar-refractivity contribution in [1.29, 1.82) is 0 Å². The van der Waals surface area contributed by atoms with Gasteiger partial charge in [-0.3, -0.25) is 0 Å². The molecular weight excluding hydrogens is 2610 g/mol. The fourth-order valence-corrected chi connectivity index (χ4v) is 15.9. The van der Waals surface area contributed by atoms with Crippen LogP contribution >= 0.6 is 0 Å². The molecule has 0 saturated carbocycles. The molecule has 0 heterocycles. The second-order valence-electron chi connectivity index (χ2n) is 42.2. The van der Waals surface area contributed by atoms with Crippen molar-refractivity contribution in [2.45, 2.75) is 478 Å². The van der Waals surface area contributed by atoms with Gasteiger partial charge in [-0.15, -0.1) is 0 Å². The summed E-state index contributed by atoms with van der Waals surface area (Å²) in [6, 6.07) is 0. The molecule has 144 heavy (non-hydrogen) atoms. The zero-order valence-electron chi connectivity index (χ0n) is 101. The van der Waals surface area contributed by atoms with Gasteiger partial charge < -0.3 is 119 Å².